The zero-order valence-electron chi connectivity index (χ0n) is 15.2. The molecule has 0 bridgehead atoms. The van der Waals surface area contributed by atoms with Crippen molar-refractivity contribution in [3.63, 3.8) is 0 Å². The van der Waals surface area contributed by atoms with E-state index in [0.29, 0.717) is 30.3 Å². The number of ether oxygens (including phenoxy) is 2. The monoisotopic (exact) mass is 393 g/mol. The summed E-state index contributed by atoms with van der Waals surface area (Å²) in [5.74, 6) is 1.41. The summed E-state index contributed by atoms with van der Waals surface area (Å²) < 4.78 is 40.2. The molecule has 27 heavy (non-hydrogen) atoms. The summed E-state index contributed by atoms with van der Waals surface area (Å²) in [6, 6.07) is 10.2. The molecule has 1 aliphatic rings. The molecule has 0 N–H and O–H groups in total. The minimum atomic E-state index is -3.12. The Bertz CT molecular complexity index is 862. The lowest BCUT2D eigenvalue weighted by Gasteiger charge is -2.27. The number of rotatable bonds is 8. The summed E-state index contributed by atoms with van der Waals surface area (Å²) in [6.45, 7) is 2.36. The first-order valence-corrected chi connectivity index (χ1v) is 10.7. The van der Waals surface area contributed by atoms with Crippen LogP contribution in [0, 0.1) is 0 Å². The van der Waals surface area contributed by atoms with Crippen molar-refractivity contribution in [3.8, 4) is 11.5 Å². The van der Waals surface area contributed by atoms with Gasteiger partial charge in [-0.25, -0.2) is 8.42 Å². The number of furan rings is 1. The Hall–Kier alpha value is -2.48. The Labute approximate surface area is 158 Å². The molecule has 3 rings (SSSR count). The molecule has 1 atom stereocenters. The van der Waals surface area contributed by atoms with Gasteiger partial charge in [0.25, 0.3) is 5.91 Å². The van der Waals surface area contributed by atoms with Crippen LogP contribution >= 0.6 is 0 Å². The van der Waals surface area contributed by atoms with Gasteiger partial charge in [0.2, 0.25) is 0 Å². The summed E-state index contributed by atoms with van der Waals surface area (Å²) in [6.07, 6.45) is 1.95. The fourth-order valence-corrected chi connectivity index (χ4v) is 4.81. The van der Waals surface area contributed by atoms with E-state index in [1.807, 2.05) is 13.0 Å². The van der Waals surface area contributed by atoms with Gasteiger partial charge in [0.15, 0.2) is 27.9 Å². The number of carbonyl (C=O) groups is 1. The maximum atomic E-state index is 12.8. The number of para-hydroxylation sites is 2. The first kappa shape index (κ1) is 19.3. The molecule has 1 aromatic carbocycles. The molecule has 1 aliphatic heterocycles. The SMILES string of the molecule is CCOc1ccccc1OCC(=O)N(Cc1ccco1)C1CCS(=O)(=O)C1. The van der Waals surface area contributed by atoms with E-state index in [0.717, 1.165) is 0 Å². The standard InChI is InChI=1S/C19H23NO6S/c1-2-24-17-7-3-4-8-18(17)26-13-19(21)20(12-16-6-5-10-25-16)15-9-11-27(22,23)14-15/h3-8,10,15H,2,9,11-14H2,1H3. The Morgan fingerprint density at radius 1 is 1.19 bits per heavy atom. The zero-order chi connectivity index (χ0) is 19.3. The Kier molecular flexibility index (Phi) is 6.05. The fourth-order valence-electron chi connectivity index (χ4n) is 3.08. The number of benzene rings is 1. The third-order valence-electron chi connectivity index (χ3n) is 4.38. The second-order valence-electron chi connectivity index (χ2n) is 6.33. The van der Waals surface area contributed by atoms with Gasteiger partial charge in [-0.1, -0.05) is 12.1 Å². The van der Waals surface area contributed by atoms with Gasteiger partial charge < -0.3 is 18.8 Å². The molecule has 0 aliphatic carbocycles. The molecule has 0 saturated carbocycles. The molecular weight excluding hydrogens is 370 g/mol. The van der Waals surface area contributed by atoms with E-state index >= 15 is 0 Å². The van der Waals surface area contributed by atoms with E-state index in [-0.39, 0.29) is 36.6 Å². The highest BCUT2D eigenvalue weighted by Gasteiger charge is 2.35. The number of amides is 1. The number of hydrogen-bond donors (Lipinski definition) is 0. The van der Waals surface area contributed by atoms with E-state index in [2.05, 4.69) is 0 Å². The van der Waals surface area contributed by atoms with Crippen LogP contribution in [-0.4, -0.2) is 50.0 Å². The molecule has 1 fully saturated rings. The van der Waals surface area contributed by atoms with Crippen molar-refractivity contribution in [1.29, 1.82) is 0 Å². The van der Waals surface area contributed by atoms with E-state index in [1.54, 1.807) is 30.3 Å². The van der Waals surface area contributed by atoms with Crippen LogP contribution in [0.5, 0.6) is 11.5 Å². The predicted molar refractivity (Wildman–Crippen MR) is 99.4 cm³/mol. The van der Waals surface area contributed by atoms with Crippen LogP contribution in [-0.2, 0) is 21.2 Å². The first-order valence-electron chi connectivity index (χ1n) is 8.85. The lowest BCUT2D eigenvalue weighted by atomic mass is 10.2. The first-order chi connectivity index (χ1) is 13.0. The summed E-state index contributed by atoms with van der Waals surface area (Å²) >= 11 is 0. The molecular formula is C19H23NO6S. The van der Waals surface area contributed by atoms with Crippen molar-refractivity contribution < 1.29 is 27.1 Å². The number of nitrogens with zero attached hydrogens (tertiary/aromatic N) is 1. The molecule has 7 nitrogen and oxygen atoms in total. The maximum absolute atomic E-state index is 12.8. The summed E-state index contributed by atoms with van der Waals surface area (Å²) in [5, 5.41) is 0. The van der Waals surface area contributed by atoms with Gasteiger partial charge in [0.05, 0.1) is 30.9 Å². The molecule has 2 aromatic rings. The largest absolute Gasteiger partial charge is 0.490 e. The van der Waals surface area contributed by atoms with E-state index in [4.69, 9.17) is 13.9 Å². The number of hydrogen-bond acceptors (Lipinski definition) is 6. The molecule has 146 valence electrons. The summed E-state index contributed by atoms with van der Waals surface area (Å²) in [7, 11) is -3.12. The number of sulfone groups is 1. The van der Waals surface area contributed by atoms with Crippen LogP contribution in [0.25, 0.3) is 0 Å². The summed E-state index contributed by atoms with van der Waals surface area (Å²) in [4.78, 5) is 14.4. The topological polar surface area (TPSA) is 86.1 Å². The number of carbonyl (C=O) groups excluding carboxylic acids is 1. The van der Waals surface area contributed by atoms with Crippen molar-refractivity contribution in [2.75, 3.05) is 24.7 Å². The third kappa shape index (κ3) is 5.03. The maximum Gasteiger partial charge on any atom is 0.261 e. The third-order valence-corrected chi connectivity index (χ3v) is 6.13. The molecule has 0 spiro atoms. The lowest BCUT2D eigenvalue weighted by Crippen LogP contribution is -2.43. The van der Waals surface area contributed by atoms with Gasteiger partial charge in [0, 0.05) is 6.04 Å². The molecule has 0 radical (unpaired) electrons. The van der Waals surface area contributed by atoms with E-state index in [9.17, 15) is 13.2 Å². The molecule has 1 aromatic heterocycles. The second-order valence-corrected chi connectivity index (χ2v) is 8.56. The highest BCUT2D eigenvalue weighted by molar-refractivity contribution is 7.91. The average Bonchev–Trinajstić information content (AvgIpc) is 3.28. The Morgan fingerprint density at radius 2 is 1.93 bits per heavy atom. The van der Waals surface area contributed by atoms with Crippen molar-refractivity contribution in [3.05, 3.63) is 48.4 Å². The van der Waals surface area contributed by atoms with Gasteiger partial charge in [-0.05, 0) is 37.6 Å². The van der Waals surface area contributed by atoms with Crippen LogP contribution in [0.4, 0.5) is 0 Å². The summed E-state index contributed by atoms with van der Waals surface area (Å²) in [5.41, 5.74) is 0. The lowest BCUT2D eigenvalue weighted by molar-refractivity contribution is -0.136. The predicted octanol–water partition coefficient (Wildman–Crippen LogP) is 2.27. The minimum absolute atomic E-state index is 0.0328. The van der Waals surface area contributed by atoms with Crippen LogP contribution in [0.1, 0.15) is 19.1 Å². The van der Waals surface area contributed by atoms with Gasteiger partial charge >= 0.3 is 0 Å². The highest BCUT2D eigenvalue weighted by Crippen LogP contribution is 2.27. The minimum Gasteiger partial charge on any atom is -0.490 e. The molecule has 2 heterocycles. The van der Waals surface area contributed by atoms with Crippen LogP contribution < -0.4 is 9.47 Å². The molecule has 8 heteroatoms. The van der Waals surface area contributed by atoms with Crippen molar-refractivity contribution >= 4 is 15.7 Å². The quantitative estimate of drug-likeness (QED) is 0.684. The van der Waals surface area contributed by atoms with Gasteiger partial charge in [-0.15, -0.1) is 0 Å². The Balaban J connectivity index is 1.71. The van der Waals surface area contributed by atoms with Gasteiger partial charge in [0.1, 0.15) is 5.76 Å². The Morgan fingerprint density at radius 3 is 2.52 bits per heavy atom. The fraction of sp³-hybridized carbons (Fsp3) is 0.421. The van der Waals surface area contributed by atoms with Crippen LogP contribution in [0.15, 0.2) is 47.1 Å². The highest BCUT2D eigenvalue weighted by atomic mass is 32.2. The van der Waals surface area contributed by atoms with Crippen LogP contribution in [0.2, 0.25) is 0 Å². The zero-order valence-corrected chi connectivity index (χ0v) is 16.0. The molecule has 1 amide bonds. The van der Waals surface area contributed by atoms with Crippen molar-refractivity contribution in [2.45, 2.75) is 25.9 Å². The average molecular weight is 393 g/mol. The van der Waals surface area contributed by atoms with E-state index < -0.39 is 9.84 Å². The normalized spacial score (nSPS) is 18.2. The van der Waals surface area contributed by atoms with Crippen molar-refractivity contribution in [1.82, 2.24) is 4.90 Å². The molecule has 1 saturated heterocycles. The van der Waals surface area contributed by atoms with Crippen LogP contribution in [0.3, 0.4) is 0 Å². The van der Waals surface area contributed by atoms with E-state index in [1.165, 1.54) is 11.2 Å². The van der Waals surface area contributed by atoms with Gasteiger partial charge in [-0.2, -0.15) is 0 Å². The van der Waals surface area contributed by atoms with Crippen molar-refractivity contribution in [2.24, 2.45) is 0 Å². The smallest absolute Gasteiger partial charge is 0.261 e. The molecule has 1 unspecified atom stereocenters. The van der Waals surface area contributed by atoms with Gasteiger partial charge in [-0.3, -0.25) is 4.79 Å². The second kappa shape index (κ2) is 8.47.